The van der Waals surface area contributed by atoms with E-state index < -0.39 is 0 Å². The minimum absolute atomic E-state index is 0.109. The van der Waals surface area contributed by atoms with Crippen molar-refractivity contribution in [1.82, 2.24) is 24.9 Å². The second kappa shape index (κ2) is 6.19. The van der Waals surface area contributed by atoms with Gasteiger partial charge in [0.05, 0.1) is 24.9 Å². The third-order valence-electron chi connectivity index (χ3n) is 4.65. The summed E-state index contributed by atoms with van der Waals surface area (Å²) in [4.78, 5) is 26.9. The number of aromatic nitrogens is 2. The molecule has 3 heterocycles. The number of likely N-dealkylation sites (tertiary alicyclic amines) is 1. The molecule has 0 aliphatic carbocycles. The highest BCUT2D eigenvalue weighted by Gasteiger charge is 2.34. The highest BCUT2D eigenvalue weighted by atomic mass is 16.5. The highest BCUT2D eigenvalue weighted by molar-refractivity contribution is 6.01. The third-order valence-corrected chi connectivity index (χ3v) is 4.65. The lowest BCUT2D eigenvalue weighted by Crippen LogP contribution is -2.38. The zero-order chi connectivity index (χ0) is 16.6. The van der Waals surface area contributed by atoms with Crippen molar-refractivity contribution >= 4 is 11.9 Å². The number of hydrogen-bond acceptors (Lipinski definition) is 5. The lowest BCUT2D eigenvalue weighted by Gasteiger charge is -2.26. The second-order valence-corrected chi connectivity index (χ2v) is 6.03. The fourth-order valence-corrected chi connectivity index (χ4v) is 3.61. The molecular formula is C15H23N5O3. The lowest BCUT2D eigenvalue weighted by molar-refractivity contribution is -0.125. The molecule has 0 radical (unpaired) electrons. The molecule has 23 heavy (non-hydrogen) atoms. The number of nitrogens with zero attached hydrogens (tertiary/aromatic N) is 4. The Morgan fingerprint density at radius 1 is 1.35 bits per heavy atom. The number of hydrogen-bond donors (Lipinski definition) is 1. The predicted molar refractivity (Wildman–Crippen MR) is 83.2 cm³/mol. The van der Waals surface area contributed by atoms with Gasteiger partial charge in [-0.05, 0) is 26.3 Å². The first-order valence-electron chi connectivity index (χ1n) is 7.92. The molecule has 0 spiro atoms. The Bertz CT molecular complexity index is 611. The van der Waals surface area contributed by atoms with Crippen molar-refractivity contribution in [3.63, 3.8) is 0 Å². The molecule has 1 aromatic rings. The van der Waals surface area contributed by atoms with Crippen molar-refractivity contribution in [3.05, 3.63) is 11.3 Å². The zero-order valence-electron chi connectivity index (χ0n) is 13.8. The van der Waals surface area contributed by atoms with Crippen LogP contribution in [-0.4, -0.2) is 64.8 Å². The molecule has 1 aromatic heterocycles. The molecule has 126 valence electrons. The van der Waals surface area contributed by atoms with Gasteiger partial charge in [0, 0.05) is 26.2 Å². The van der Waals surface area contributed by atoms with Crippen molar-refractivity contribution in [3.8, 4) is 5.88 Å². The van der Waals surface area contributed by atoms with E-state index in [4.69, 9.17) is 4.74 Å². The number of urea groups is 1. The maximum absolute atomic E-state index is 11.7. The number of carbonyl (C=O) groups excluding carboxylic acids is 2. The summed E-state index contributed by atoms with van der Waals surface area (Å²) < 4.78 is 7.28. The molecule has 8 heteroatoms. The highest BCUT2D eigenvalue weighted by Crippen LogP contribution is 2.38. The molecule has 3 amide bonds. The van der Waals surface area contributed by atoms with Crippen LogP contribution in [-0.2, 0) is 11.8 Å². The van der Waals surface area contributed by atoms with Gasteiger partial charge in [-0.15, -0.1) is 0 Å². The Morgan fingerprint density at radius 3 is 2.78 bits per heavy atom. The van der Waals surface area contributed by atoms with E-state index in [1.54, 1.807) is 11.8 Å². The summed E-state index contributed by atoms with van der Waals surface area (Å²) in [5, 5.41) is 7.01. The average molecular weight is 321 g/mol. The smallest absolute Gasteiger partial charge is 0.324 e. The Labute approximate surface area is 135 Å². The number of amides is 3. The predicted octanol–water partition coefficient (Wildman–Crippen LogP) is 0.426. The average Bonchev–Trinajstić information content (AvgIpc) is 3.16. The summed E-state index contributed by atoms with van der Waals surface area (Å²) in [6.45, 7) is 4.14. The van der Waals surface area contributed by atoms with Gasteiger partial charge in [-0.1, -0.05) is 0 Å². The summed E-state index contributed by atoms with van der Waals surface area (Å²) in [6.07, 6.45) is 2.12. The van der Waals surface area contributed by atoms with E-state index in [0.29, 0.717) is 13.1 Å². The lowest BCUT2D eigenvalue weighted by atomic mass is 10.1. The van der Waals surface area contributed by atoms with Gasteiger partial charge in [0.25, 0.3) is 0 Å². The molecule has 3 rings (SSSR count). The Kier molecular flexibility index (Phi) is 4.25. The zero-order valence-corrected chi connectivity index (χ0v) is 13.8. The topological polar surface area (TPSA) is 79.7 Å². The Balaban J connectivity index is 1.73. The normalized spacial score (nSPS) is 22.0. The molecule has 2 aliphatic heterocycles. The van der Waals surface area contributed by atoms with Gasteiger partial charge in [-0.3, -0.25) is 14.6 Å². The number of nitrogens with one attached hydrogen (secondary N) is 1. The van der Waals surface area contributed by atoms with Crippen LogP contribution in [0.5, 0.6) is 5.88 Å². The van der Waals surface area contributed by atoms with E-state index in [1.165, 1.54) is 4.90 Å². The molecule has 1 atom stereocenters. The SMILES string of the molecule is COc1c([C@@H]2CCCN2CCN2C(=O)CNC2=O)c(C)nn1C. The molecule has 2 saturated heterocycles. The van der Waals surface area contributed by atoms with Crippen LogP contribution >= 0.6 is 0 Å². The van der Waals surface area contributed by atoms with Crippen molar-refractivity contribution in [2.75, 3.05) is 33.3 Å². The van der Waals surface area contributed by atoms with E-state index in [0.717, 1.165) is 36.5 Å². The van der Waals surface area contributed by atoms with Gasteiger partial charge in [0.1, 0.15) is 0 Å². The Hall–Kier alpha value is -2.09. The van der Waals surface area contributed by atoms with Crippen LogP contribution in [0, 0.1) is 6.92 Å². The van der Waals surface area contributed by atoms with Gasteiger partial charge < -0.3 is 10.1 Å². The van der Waals surface area contributed by atoms with E-state index in [2.05, 4.69) is 15.3 Å². The number of methoxy groups -OCH3 is 1. The van der Waals surface area contributed by atoms with Crippen LogP contribution in [0.3, 0.4) is 0 Å². The molecule has 1 N–H and O–H groups in total. The summed E-state index contributed by atoms with van der Waals surface area (Å²) in [7, 11) is 3.54. The van der Waals surface area contributed by atoms with Crippen molar-refractivity contribution in [2.45, 2.75) is 25.8 Å². The van der Waals surface area contributed by atoms with E-state index in [9.17, 15) is 9.59 Å². The first kappa shape index (κ1) is 15.8. The number of imide groups is 1. The van der Waals surface area contributed by atoms with Crippen molar-refractivity contribution in [2.24, 2.45) is 7.05 Å². The molecule has 0 bridgehead atoms. The van der Waals surface area contributed by atoms with E-state index in [1.807, 2.05) is 14.0 Å². The molecule has 0 aromatic carbocycles. The molecule has 2 fully saturated rings. The molecule has 8 nitrogen and oxygen atoms in total. The molecular weight excluding hydrogens is 298 g/mol. The van der Waals surface area contributed by atoms with Gasteiger partial charge in [-0.2, -0.15) is 5.10 Å². The monoisotopic (exact) mass is 321 g/mol. The fourth-order valence-electron chi connectivity index (χ4n) is 3.61. The van der Waals surface area contributed by atoms with Crippen LogP contribution in [0.4, 0.5) is 4.79 Å². The minimum atomic E-state index is -0.291. The second-order valence-electron chi connectivity index (χ2n) is 6.03. The van der Waals surface area contributed by atoms with Crippen molar-refractivity contribution < 1.29 is 14.3 Å². The summed E-state index contributed by atoms with van der Waals surface area (Å²) in [5.74, 6) is 0.635. The van der Waals surface area contributed by atoms with Gasteiger partial charge in [0.2, 0.25) is 11.8 Å². The largest absolute Gasteiger partial charge is 0.481 e. The maximum atomic E-state index is 11.7. The molecule has 0 saturated carbocycles. The van der Waals surface area contributed by atoms with Gasteiger partial charge >= 0.3 is 6.03 Å². The van der Waals surface area contributed by atoms with Gasteiger partial charge in [0.15, 0.2) is 0 Å². The number of aryl methyl sites for hydroxylation is 2. The van der Waals surface area contributed by atoms with E-state index >= 15 is 0 Å². The number of carbonyl (C=O) groups is 2. The maximum Gasteiger partial charge on any atom is 0.324 e. The van der Waals surface area contributed by atoms with E-state index in [-0.39, 0.29) is 24.5 Å². The Morgan fingerprint density at radius 2 is 2.13 bits per heavy atom. The number of rotatable bonds is 5. The van der Waals surface area contributed by atoms with Crippen LogP contribution in [0.1, 0.15) is 30.1 Å². The van der Waals surface area contributed by atoms with Gasteiger partial charge in [-0.25, -0.2) is 9.48 Å². The van der Waals surface area contributed by atoms with Crippen LogP contribution in [0.2, 0.25) is 0 Å². The molecule has 2 aliphatic rings. The number of ether oxygens (including phenoxy) is 1. The first-order chi connectivity index (χ1) is 11.0. The summed E-state index contributed by atoms with van der Waals surface area (Å²) >= 11 is 0. The van der Waals surface area contributed by atoms with Crippen LogP contribution in [0.25, 0.3) is 0 Å². The summed E-state index contributed by atoms with van der Waals surface area (Å²) in [6, 6.07) is -0.0692. The van der Waals surface area contributed by atoms with Crippen LogP contribution in [0.15, 0.2) is 0 Å². The minimum Gasteiger partial charge on any atom is -0.481 e. The third kappa shape index (κ3) is 2.78. The first-order valence-corrected chi connectivity index (χ1v) is 7.92. The fraction of sp³-hybridized carbons (Fsp3) is 0.667. The van der Waals surface area contributed by atoms with Crippen LogP contribution < -0.4 is 10.1 Å². The standard InChI is InChI=1S/C15H23N5O3/c1-10-13(14(23-3)18(2)17-10)11-5-4-6-19(11)7-8-20-12(21)9-16-15(20)22/h11H,4-9H2,1-3H3,(H,16,22)/t11-/m0/s1. The summed E-state index contributed by atoms with van der Waals surface area (Å²) in [5.41, 5.74) is 2.08. The molecule has 0 unspecified atom stereocenters. The quantitative estimate of drug-likeness (QED) is 0.796. The van der Waals surface area contributed by atoms with Crippen molar-refractivity contribution in [1.29, 1.82) is 0 Å².